The van der Waals surface area contributed by atoms with Crippen molar-refractivity contribution >= 4 is 11.7 Å². The lowest BCUT2D eigenvalue weighted by molar-refractivity contribution is -0.00411. The predicted molar refractivity (Wildman–Crippen MR) is 137 cm³/mol. The zero-order valence-electron chi connectivity index (χ0n) is 21.4. The van der Waals surface area contributed by atoms with Crippen molar-refractivity contribution in [3.63, 3.8) is 0 Å². The van der Waals surface area contributed by atoms with Crippen molar-refractivity contribution in [3.05, 3.63) is 46.8 Å². The highest BCUT2D eigenvalue weighted by Crippen LogP contribution is 2.28. The lowest BCUT2D eigenvalue weighted by atomic mass is 9.84. The molecule has 0 radical (unpaired) electrons. The molecule has 200 valence electrons. The van der Waals surface area contributed by atoms with Gasteiger partial charge in [0, 0.05) is 19.2 Å². The van der Waals surface area contributed by atoms with Gasteiger partial charge in [-0.1, -0.05) is 45.1 Å². The van der Waals surface area contributed by atoms with Crippen molar-refractivity contribution in [2.75, 3.05) is 20.1 Å². The van der Waals surface area contributed by atoms with Crippen molar-refractivity contribution in [1.82, 2.24) is 25.9 Å². The van der Waals surface area contributed by atoms with E-state index in [4.69, 9.17) is 16.6 Å². The summed E-state index contributed by atoms with van der Waals surface area (Å²) in [7, 11) is 1.65. The Hall–Kier alpha value is -2.79. The summed E-state index contributed by atoms with van der Waals surface area (Å²) in [5.41, 5.74) is 10.2. The van der Waals surface area contributed by atoms with Crippen LogP contribution >= 0.6 is 0 Å². The van der Waals surface area contributed by atoms with E-state index in [0.717, 1.165) is 18.3 Å². The van der Waals surface area contributed by atoms with Gasteiger partial charge < -0.3 is 21.4 Å². The standard InChI is InChI=1S/C25H39F3N8/c1-4-25(27,28)15-33-23-19(26)13-31-24(35-23)32-14-21(36(3)30)22(29)20-11-10-18(16(2)34-20)12-17-8-6-5-7-9-17/h10-11,13,17,23,33H,4-9,12,14-15,29-30H2,1-3H3,(H2,31,32,35)/b22-21-. The Bertz CT molecular complexity index is 984. The van der Waals surface area contributed by atoms with Crippen molar-refractivity contribution in [3.8, 4) is 0 Å². The van der Waals surface area contributed by atoms with Crippen LogP contribution in [-0.4, -0.2) is 48.2 Å². The van der Waals surface area contributed by atoms with E-state index in [9.17, 15) is 13.2 Å². The first-order valence-corrected chi connectivity index (χ1v) is 12.6. The molecule has 1 aliphatic carbocycles. The van der Waals surface area contributed by atoms with E-state index in [1.54, 1.807) is 7.05 Å². The minimum Gasteiger partial charge on any atom is -0.395 e. The highest BCUT2D eigenvalue weighted by molar-refractivity contribution is 5.82. The zero-order valence-corrected chi connectivity index (χ0v) is 21.4. The second-order valence-corrected chi connectivity index (χ2v) is 9.63. The first-order valence-electron chi connectivity index (χ1n) is 12.6. The Balaban J connectivity index is 1.66. The Morgan fingerprint density at radius 2 is 1.97 bits per heavy atom. The van der Waals surface area contributed by atoms with Crippen LogP contribution in [0.15, 0.2) is 34.8 Å². The number of nitrogens with two attached hydrogens (primary N) is 2. The quantitative estimate of drug-likeness (QED) is 0.243. The largest absolute Gasteiger partial charge is 0.395 e. The SMILES string of the molecule is CCC(F)(F)CNC1NC(NC/C(=C(/N)c2ccc(CC3CCCCC3)c(C)n2)N(C)N)=NC=C1F. The van der Waals surface area contributed by atoms with Gasteiger partial charge in [0.05, 0.1) is 36.4 Å². The summed E-state index contributed by atoms with van der Waals surface area (Å²) in [6, 6.07) is 4.00. The second kappa shape index (κ2) is 12.4. The summed E-state index contributed by atoms with van der Waals surface area (Å²) in [6.07, 6.45) is 7.02. The molecular formula is C25H39F3N8. The van der Waals surface area contributed by atoms with Crippen LogP contribution in [0.5, 0.6) is 0 Å². The molecule has 1 fully saturated rings. The van der Waals surface area contributed by atoms with Crippen molar-refractivity contribution in [1.29, 1.82) is 0 Å². The van der Waals surface area contributed by atoms with Gasteiger partial charge in [-0.05, 0) is 30.9 Å². The van der Waals surface area contributed by atoms with Gasteiger partial charge in [0.1, 0.15) is 6.17 Å². The van der Waals surface area contributed by atoms with E-state index in [2.05, 4.69) is 27.0 Å². The fourth-order valence-corrected chi connectivity index (χ4v) is 4.45. The van der Waals surface area contributed by atoms with E-state index in [0.29, 0.717) is 23.0 Å². The van der Waals surface area contributed by atoms with Gasteiger partial charge in [-0.2, -0.15) is 0 Å². The molecule has 0 spiro atoms. The van der Waals surface area contributed by atoms with Crippen molar-refractivity contribution in [2.45, 2.75) is 70.9 Å². The number of hydrazine groups is 1. The predicted octanol–water partition coefficient (Wildman–Crippen LogP) is 3.27. The number of pyridine rings is 1. The number of likely N-dealkylation sites (N-methyl/N-ethyl adjacent to an activating group) is 1. The van der Waals surface area contributed by atoms with Crippen LogP contribution < -0.4 is 27.5 Å². The monoisotopic (exact) mass is 508 g/mol. The smallest absolute Gasteiger partial charge is 0.260 e. The first-order chi connectivity index (χ1) is 17.1. The normalized spacial score (nSPS) is 19.7. The van der Waals surface area contributed by atoms with Crippen LogP contribution in [0, 0.1) is 12.8 Å². The molecule has 8 nitrogen and oxygen atoms in total. The van der Waals surface area contributed by atoms with Crippen LogP contribution in [0.2, 0.25) is 0 Å². The van der Waals surface area contributed by atoms with Gasteiger partial charge in [-0.25, -0.2) is 24.0 Å². The number of rotatable bonds is 10. The van der Waals surface area contributed by atoms with Crippen molar-refractivity contribution < 1.29 is 13.2 Å². The number of hydrogen-bond donors (Lipinski definition) is 5. The van der Waals surface area contributed by atoms with Crippen LogP contribution in [-0.2, 0) is 6.42 Å². The minimum atomic E-state index is -2.94. The average Bonchev–Trinajstić information content (AvgIpc) is 2.85. The summed E-state index contributed by atoms with van der Waals surface area (Å²) in [5.74, 6) is 3.33. The zero-order chi connectivity index (χ0) is 26.3. The highest BCUT2D eigenvalue weighted by Gasteiger charge is 2.29. The van der Waals surface area contributed by atoms with E-state index in [1.165, 1.54) is 49.6 Å². The molecule has 1 atom stereocenters. The number of guanidine groups is 1. The molecule has 1 aromatic rings. The number of aryl methyl sites for hydroxylation is 1. The highest BCUT2D eigenvalue weighted by atomic mass is 19.3. The maximum Gasteiger partial charge on any atom is 0.260 e. The molecule has 0 bridgehead atoms. The molecule has 7 N–H and O–H groups in total. The Kier molecular flexibility index (Phi) is 9.61. The minimum absolute atomic E-state index is 0.155. The van der Waals surface area contributed by atoms with Gasteiger partial charge in [0.25, 0.3) is 5.92 Å². The molecule has 36 heavy (non-hydrogen) atoms. The Morgan fingerprint density at radius 1 is 1.25 bits per heavy atom. The summed E-state index contributed by atoms with van der Waals surface area (Å²) in [6.45, 7) is 2.86. The molecular weight excluding hydrogens is 469 g/mol. The molecule has 2 aliphatic rings. The molecule has 1 unspecified atom stereocenters. The number of alkyl halides is 2. The maximum atomic E-state index is 14.1. The number of nitrogens with zero attached hydrogens (tertiary/aromatic N) is 3. The molecule has 0 aromatic carbocycles. The van der Waals surface area contributed by atoms with Crippen LogP contribution in [0.25, 0.3) is 5.70 Å². The molecule has 11 heteroatoms. The van der Waals surface area contributed by atoms with Gasteiger partial charge in [0.2, 0.25) is 0 Å². The molecule has 1 aromatic heterocycles. The number of aliphatic imine (C=N–C) groups is 1. The van der Waals surface area contributed by atoms with Crippen LogP contribution in [0.3, 0.4) is 0 Å². The number of aromatic nitrogens is 1. The number of hydrogen-bond acceptors (Lipinski definition) is 8. The van der Waals surface area contributed by atoms with E-state index in [1.807, 2.05) is 13.0 Å². The van der Waals surface area contributed by atoms with E-state index in [-0.39, 0.29) is 18.9 Å². The Labute approximate surface area is 211 Å². The third-order valence-corrected chi connectivity index (χ3v) is 6.82. The third kappa shape index (κ3) is 7.60. The number of nitrogens with one attached hydrogen (secondary N) is 3. The topological polar surface area (TPSA) is 117 Å². The fraction of sp³-hybridized carbons (Fsp3) is 0.600. The van der Waals surface area contributed by atoms with Gasteiger partial charge >= 0.3 is 0 Å². The van der Waals surface area contributed by atoms with Gasteiger partial charge in [-0.3, -0.25) is 10.3 Å². The molecule has 1 aliphatic heterocycles. The lowest BCUT2D eigenvalue weighted by Crippen LogP contribution is -2.54. The van der Waals surface area contributed by atoms with Gasteiger partial charge in [0.15, 0.2) is 11.8 Å². The number of halogens is 3. The summed E-state index contributed by atoms with van der Waals surface area (Å²) in [5, 5.41) is 9.62. The average molecular weight is 509 g/mol. The molecule has 1 saturated carbocycles. The lowest BCUT2D eigenvalue weighted by Gasteiger charge is -2.27. The van der Waals surface area contributed by atoms with E-state index >= 15 is 0 Å². The van der Waals surface area contributed by atoms with Gasteiger partial charge in [-0.15, -0.1) is 0 Å². The fourth-order valence-electron chi connectivity index (χ4n) is 4.45. The molecule has 3 rings (SSSR count). The summed E-state index contributed by atoms with van der Waals surface area (Å²) >= 11 is 0. The molecule has 0 saturated heterocycles. The maximum absolute atomic E-state index is 14.1. The van der Waals surface area contributed by atoms with E-state index < -0.39 is 24.5 Å². The molecule has 2 heterocycles. The summed E-state index contributed by atoms with van der Waals surface area (Å²) < 4.78 is 41.2. The molecule has 0 amide bonds. The summed E-state index contributed by atoms with van der Waals surface area (Å²) in [4.78, 5) is 8.70. The van der Waals surface area contributed by atoms with Crippen LogP contribution in [0.1, 0.15) is 62.4 Å². The second-order valence-electron chi connectivity index (χ2n) is 9.63. The third-order valence-electron chi connectivity index (χ3n) is 6.82. The first kappa shape index (κ1) is 27.8. The Morgan fingerprint density at radius 3 is 2.61 bits per heavy atom. The van der Waals surface area contributed by atoms with Crippen LogP contribution in [0.4, 0.5) is 13.2 Å². The van der Waals surface area contributed by atoms with Crippen molar-refractivity contribution in [2.24, 2.45) is 22.5 Å².